The van der Waals surface area contributed by atoms with E-state index in [0.717, 1.165) is 0 Å². The lowest BCUT2D eigenvalue weighted by Gasteiger charge is -2.18. The lowest BCUT2D eigenvalue weighted by molar-refractivity contribution is -0.276. The van der Waals surface area contributed by atoms with E-state index in [9.17, 15) is 34.8 Å². The Hall–Kier alpha value is -0.750. The van der Waals surface area contributed by atoms with Gasteiger partial charge in [-0.15, -0.1) is 13.2 Å². The highest BCUT2D eigenvalue weighted by atomic mass is 79.9. The molecule has 13 heteroatoms. The van der Waals surface area contributed by atoms with Crippen molar-refractivity contribution in [1.82, 2.24) is 4.98 Å². The zero-order chi connectivity index (χ0) is 16.6. The van der Waals surface area contributed by atoms with Gasteiger partial charge in [0, 0.05) is 21.6 Å². The van der Waals surface area contributed by atoms with Crippen molar-refractivity contribution >= 4 is 35.7 Å². The monoisotopic (exact) mass is 421 g/mol. The second-order valence-electron chi connectivity index (χ2n) is 3.40. The summed E-state index contributed by atoms with van der Waals surface area (Å²) in [6.07, 6.45) is -10.7. The van der Waals surface area contributed by atoms with Gasteiger partial charge in [0.2, 0.25) is 0 Å². The fraction of sp³-hybridized carbons (Fsp3) is 0.375. The van der Waals surface area contributed by atoms with E-state index in [4.69, 9.17) is 10.7 Å². The summed E-state index contributed by atoms with van der Waals surface area (Å²) in [5.41, 5.74) is -3.01. The van der Waals surface area contributed by atoms with Gasteiger partial charge in [0.05, 0.1) is 6.20 Å². The van der Waals surface area contributed by atoms with Crippen molar-refractivity contribution in [3.8, 4) is 5.75 Å². The number of rotatable bonds is 3. The summed E-state index contributed by atoms with van der Waals surface area (Å²) in [6.45, 7) is 0. The number of ether oxygens (including phenoxy) is 1. The molecule has 120 valence electrons. The quantitative estimate of drug-likeness (QED) is 0.422. The van der Waals surface area contributed by atoms with Crippen molar-refractivity contribution in [2.45, 2.75) is 22.9 Å². The third-order valence-electron chi connectivity index (χ3n) is 1.98. The van der Waals surface area contributed by atoms with Gasteiger partial charge in [-0.25, -0.2) is 13.4 Å². The van der Waals surface area contributed by atoms with E-state index < -0.39 is 48.8 Å². The van der Waals surface area contributed by atoms with Crippen LogP contribution in [-0.2, 0) is 20.6 Å². The summed E-state index contributed by atoms with van der Waals surface area (Å²) in [4.78, 5) is 3.00. The minimum absolute atomic E-state index is 0.00225. The molecule has 1 rings (SSSR count). The van der Waals surface area contributed by atoms with Gasteiger partial charge < -0.3 is 4.74 Å². The van der Waals surface area contributed by atoms with Crippen LogP contribution in [-0.4, -0.2) is 19.8 Å². The first-order chi connectivity index (χ1) is 9.27. The van der Waals surface area contributed by atoms with Gasteiger partial charge >= 0.3 is 12.5 Å². The molecule has 1 heterocycles. The molecule has 0 unspecified atom stereocenters. The Morgan fingerprint density at radius 1 is 1.24 bits per heavy atom. The Bertz CT molecular complexity index is 645. The molecular weight excluding hydrogens is 420 g/mol. The SMILES string of the molecule is O=S(=O)(Cl)c1ncc(OC(F)(F)F)c(C(F)(F)F)c1CBr. The van der Waals surface area contributed by atoms with E-state index in [-0.39, 0.29) is 6.20 Å². The molecular formula is C8H3BrClF6NO3S. The predicted molar refractivity (Wildman–Crippen MR) is 61.6 cm³/mol. The highest BCUT2D eigenvalue weighted by Crippen LogP contribution is 2.43. The molecule has 0 fully saturated rings. The standard InChI is InChI=1S/C8H3BrClF6NO3S/c9-1-3-5(7(11,12)13)4(20-8(14,15)16)2-17-6(3)21(10,18)19/h2H,1H2. The molecule has 0 atom stereocenters. The van der Waals surface area contributed by atoms with Crippen LogP contribution in [0.5, 0.6) is 5.75 Å². The smallest absolute Gasteiger partial charge is 0.403 e. The molecule has 0 saturated carbocycles. The molecule has 0 aliphatic carbocycles. The maximum Gasteiger partial charge on any atom is 0.573 e. The zero-order valence-electron chi connectivity index (χ0n) is 9.39. The first-order valence-corrected chi connectivity index (χ1v) is 8.06. The van der Waals surface area contributed by atoms with Crippen LogP contribution in [0, 0.1) is 0 Å². The van der Waals surface area contributed by atoms with Crippen molar-refractivity contribution in [1.29, 1.82) is 0 Å². The van der Waals surface area contributed by atoms with Crippen molar-refractivity contribution < 1.29 is 39.5 Å². The predicted octanol–water partition coefficient (Wildman–Crippen LogP) is 3.82. The van der Waals surface area contributed by atoms with Crippen LogP contribution in [0.25, 0.3) is 0 Å². The first kappa shape index (κ1) is 18.3. The van der Waals surface area contributed by atoms with E-state index in [0.29, 0.717) is 0 Å². The molecule has 1 aromatic rings. The fourth-order valence-electron chi connectivity index (χ4n) is 1.36. The summed E-state index contributed by atoms with van der Waals surface area (Å²) in [5, 5.41) is -1.96. The maximum absolute atomic E-state index is 12.9. The van der Waals surface area contributed by atoms with E-state index in [1.54, 1.807) is 0 Å². The molecule has 21 heavy (non-hydrogen) atoms. The van der Waals surface area contributed by atoms with Crippen molar-refractivity contribution in [3.05, 3.63) is 17.3 Å². The molecule has 0 bridgehead atoms. The number of aromatic nitrogens is 1. The number of hydrogen-bond donors (Lipinski definition) is 0. The summed E-state index contributed by atoms with van der Waals surface area (Å²) in [6, 6.07) is 0. The Labute approximate surface area is 126 Å². The second kappa shape index (κ2) is 5.80. The summed E-state index contributed by atoms with van der Waals surface area (Å²) >= 11 is 2.56. The van der Waals surface area contributed by atoms with Crippen LogP contribution in [0.1, 0.15) is 11.1 Å². The van der Waals surface area contributed by atoms with Crippen molar-refractivity contribution in [3.63, 3.8) is 0 Å². The zero-order valence-corrected chi connectivity index (χ0v) is 12.5. The average Bonchev–Trinajstić information content (AvgIpc) is 2.22. The Balaban J connectivity index is 3.71. The van der Waals surface area contributed by atoms with Crippen LogP contribution in [0.3, 0.4) is 0 Å². The average molecular weight is 423 g/mol. The number of pyridine rings is 1. The number of nitrogens with zero attached hydrogens (tertiary/aromatic N) is 1. The Morgan fingerprint density at radius 2 is 1.76 bits per heavy atom. The molecule has 1 aromatic heterocycles. The molecule has 4 nitrogen and oxygen atoms in total. The Kier molecular flexibility index (Phi) is 5.05. The third-order valence-corrected chi connectivity index (χ3v) is 3.79. The minimum atomic E-state index is -5.41. The van der Waals surface area contributed by atoms with Gasteiger partial charge in [0.1, 0.15) is 5.56 Å². The van der Waals surface area contributed by atoms with Gasteiger partial charge in [0.15, 0.2) is 10.8 Å². The fourth-order valence-corrected chi connectivity index (χ4v) is 3.14. The molecule has 0 radical (unpaired) electrons. The van der Waals surface area contributed by atoms with Crippen LogP contribution in [0.15, 0.2) is 11.2 Å². The topological polar surface area (TPSA) is 56.3 Å². The first-order valence-electron chi connectivity index (χ1n) is 4.63. The number of alkyl halides is 7. The summed E-state index contributed by atoms with van der Waals surface area (Å²) in [7, 11) is 0.214. The Morgan fingerprint density at radius 3 is 2.10 bits per heavy atom. The van der Waals surface area contributed by atoms with Gasteiger partial charge in [-0.1, -0.05) is 15.9 Å². The molecule has 0 aliphatic heterocycles. The highest BCUT2D eigenvalue weighted by Gasteiger charge is 2.43. The van der Waals surface area contributed by atoms with Crippen LogP contribution in [0.4, 0.5) is 26.3 Å². The van der Waals surface area contributed by atoms with Gasteiger partial charge in [0.25, 0.3) is 9.05 Å². The third kappa shape index (κ3) is 4.61. The van der Waals surface area contributed by atoms with Gasteiger partial charge in [-0.2, -0.15) is 13.2 Å². The summed E-state index contributed by atoms with van der Waals surface area (Å²) < 4.78 is 101. The summed E-state index contributed by atoms with van der Waals surface area (Å²) in [5.74, 6) is -1.67. The van der Waals surface area contributed by atoms with E-state index in [1.807, 2.05) is 0 Å². The van der Waals surface area contributed by atoms with Crippen LogP contribution >= 0.6 is 26.6 Å². The highest BCUT2D eigenvalue weighted by molar-refractivity contribution is 9.08. The lowest BCUT2D eigenvalue weighted by Crippen LogP contribution is -2.22. The lowest BCUT2D eigenvalue weighted by atomic mass is 10.1. The van der Waals surface area contributed by atoms with E-state index in [2.05, 4.69) is 25.7 Å². The minimum Gasteiger partial charge on any atom is -0.403 e. The molecule has 0 saturated heterocycles. The molecule has 0 N–H and O–H groups in total. The molecule has 0 aromatic carbocycles. The van der Waals surface area contributed by atoms with Crippen molar-refractivity contribution in [2.75, 3.05) is 0 Å². The second-order valence-corrected chi connectivity index (χ2v) is 6.44. The van der Waals surface area contributed by atoms with Gasteiger partial charge in [-0.3, -0.25) is 0 Å². The van der Waals surface area contributed by atoms with Gasteiger partial charge in [-0.05, 0) is 0 Å². The largest absolute Gasteiger partial charge is 0.573 e. The number of halogens is 8. The molecule has 0 aliphatic rings. The normalized spacial score (nSPS) is 13.3. The molecule has 0 spiro atoms. The molecule has 0 amide bonds. The number of hydrogen-bond acceptors (Lipinski definition) is 4. The van der Waals surface area contributed by atoms with Crippen LogP contribution in [0.2, 0.25) is 0 Å². The van der Waals surface area contributed by atoms with E-state index in [1.165, 1.54) is 0 Å². The van der Waals surface area contributed by atoms with Crippen LogP contribution < -0.4 is 4.74 Å². The van der Waals surface area contributed by atoms with E-state index >= 15 is 0 Å². The van der Waals surface area contributed by atoms with Crippen molar-refractivity contribution in [2.24, 2.45) is 0 Å². The maximum atomic E-state index is 12.9.